The monoisotopic (exact) mass is 323 g/mol. The van der Waals surface area contributed by atoms with Crippen LogP contribution in [0.5, 0.6) is 5.75 Å². The lowest BCUT2D eigenvalue weighted by molar-refractivity contribution is 0.351. The van der Waals surface area contributed by atoms with Crippen LogP contribution in [0.25, 0.3) is 0 Å². The summed E-state index contributed by atoms with van der Waals surface area (Å²) in [6.07, 6.45) is 8.55. The highest BCUT2D eigenvalue weighted by Gasteiger charge is 2.23. The molecule has 0 amide bonds. The molecule has 104 valence electrons. The maximum absolute atomic E-state index is 6.36. The number of aryl methyl sites for hydroxylation is 1. The van der Waals surface area contributed by atoms with Gasteiger partial charge in [-0.25, -0.2) is 0 Å². The van der Waals surface area contributed by atoms with E-state index >= 15 is 0 Å². The van der Waals surface area contributed by atoms with Gasteiger partial charge >= 0.3 is 0 Å². The Morgan fingerprint density at radius 3 is 2.89 bits per heavy atom. The Balaban J connectivity index is 1.66. The van der Waals surface area contributed by atoms with Crippen LogP contribution in [-0.2, 0) is 12.8 Å². The normalized spacial score (nSPS) is 20.3. The van der Waals surface area contributed by atoms with Crippen molar-refractivity contribution in [2.24, 2.45) is 11.7 Å². The van der Waals surface area contributed by atoms with Crippen molar-refractivity contribution in [3.8, 4) is 5.75 Å². The van der Waals surface area contributed by atoms with Crippen LogP contribution in [0, 0.1) is 5.92 Å². The number of hydrogen-bond acceptors (Lipinski definition) is 2. The predicted molar refractivity (Wildman–Crippen MR) is 81.6 cm³/mol. The first-order valence-electron chi connectivity index (χ1n) is 7.44. The minimum Gasteiger partial charge on any atom is -0.493 e. The zero-order chi connectivity index (χ0) is 13.2. The lowest BCUT2D eigenvalue weighted by Gasteiger charge is -2.19. The number of benzene rings is 1. The summed E-state index contributed by atoms with van der Waals surface area (Å²) in [7, 11) is 0. The smallest absolute Gasteiger partial charge is 0.125 e. The Kier molecular flexibility index (Phi) is 4.13. The van der Waals surface area contributed by atoms with Crippen molar-refractivity contribution in [3.63, 3.8) is 0 Å². The van der Waals surface area contributed by atoms with E-state index in [4.69, 9.17) is 10.5 Å². The molecule has 1 unspecified atom stereocenters. The molecule has 1 atom stereocenters. The van der Waals surface area contributed by atoms with Crippen LogP contribution < -0.4 is 10.5 Å². The minimum absolute atomic E-state index is 0.360. The van der Waals surface area contributed by atoms with Crippen molar-refractivity contribution in [1.82, 2.24) is 0 Å². The number of nitrogens with two attached hydrogens (primary N) is 1. The van der Waals surface area contributed by atoms with Crippen LogP contribution in [0.15, 0.2) is 16.6 Å². The van der Waals surface area contributed by atoms with E-state index in [1.54, 1.807) is 0 Å². The lowest BCUT2D eigenvalue weighted by atomic mass is 9.92. The summed E-state index contributed by atoms with van der Waals surface area (Å²) in [6, 6.07) is 4.74. The molecular weight excluding hydrogens is 302 g/mol. The lowest BCUT2D eigenvalue weighted by Crippen LogP contribution is -2.28. The van der Waals surface area contributed by atoms with Gasteiger partial charge in [-0.1, -0.05) is 28.8 Å². The molecule has 1 aliphatic carbocycles. The van der Waals surface area contributed by atoms with Gasteiger partial charge < -0.3 is 10.5 Å². The van der Waals surface area contributed by atoms with E-state index in [2.05, 4.69) is 28.1 Å². The van der Waals surface area contributed by atoms with Crippen molar-refractivity contribution < 1.29 is 4.74 Å². The average Bonchev–Trinajstić information content (AvgIpc) is 3.05. The summed E-state index contributed by atoms with van der Waals surface area (Å²) >= 11 is 3.60. The van der Waals surface area contributed by atoms with E-state index in [1.807, 2.05) is 0 Å². The largest absolute Gasteiger partial charge is 0.493 e. The summed E-state index contributed by atoms with van der Waals surface area (Å²) in [4.78, 5) is 0. The molecule has 1 heterocycles. The second-order valence-corrected chi connectivity index (χ2v) is 6.81. The van der Waals surface area contributed by atoms with Crippen molar-refractivity contribution >= 4 is 15.9 Å². The molecule has 2 aliphatic rings. The van der Waals surface area contributed by atoms with E-state index in [1.165, 1.54) is 41.3 Å². The van der Waals surface area contributed by atoms with Crippen LogP contribution in [0.3, 0.4) is 0 Å². The summed E-state index contributed by atoms with van der Waals surface area (Å²) in [5.74, 6) is 1.88. The SMILES string of the molecule is NC(CCc1cc(Br)cc2c1OCC2)C1CCCC1. The predicted octanol–water partition coefficient (Wildman–Crippen LogP) is 3.83. The second kappa shape index (κ2) is 5.84. The third-order valence-corrected chi connectivity index (χ3v) is 5.04. The van der Waals surface area contributed by atoms with Gasteiger partial charge in [-0.05, 0) is 54.9 Å². The van der Waals surface area contributed by atoms with E-state index < -0.39 is 0 Å². The third-order valence-electron chi connectivity index (χ3n) is 4.58. The molecule has 1 fully saturated rings. The van der Waals surface area contributed by atoms with Crippen molar-refractivity contribution in [1.29, 1.82) is 0 Å². The van der Waals surface area contributed by atoms with E-state index in [9.17, 15) is 0 Å². The van der Waals surface area contributed by atoms with Gasteiger partial charge in [0.1, 0.15) is 5.75 Å². The highest BCUT2D eigenvalue weighted by Crippen LogP contribution is 2.35. The van der Waals surface area contributed by atoms with Gasteiger partial charge in [-0.15, -0.1) is 0 Å². The van der Waals surface area contributed by atoms with E-state index in [0.717, 1.165) is 37.5 Å². The van der Waals surface area contributed by atoms with Gasteiger partial charge in [-0.3, -0.25) is 0 Å². The summed E-state index contributed by atoms with van der Waals surface area (Å²) in [5.41, 5.74) is 9.03. The molecule has 0 saturated heterocycles. The van der Waals surface area contributed by atoms with Crippen molar-refractivity contribution in [3.05, 3.63) is 27.7 Å². The maximum atomic E-state index is 6.36. The first kappa shape index (κ1) is 13.4. The van der Waals surface area contributed by atoms with Crippen LogP contribution in [0.4, 0.5) is 0 Å². The fraction of sp³-hybridized carbons (Fsp3) is 0.625. The molecule has 1 saturated carbocycles. The quantitative estimate of drug-likeness (QED) is 0.913. The number of ether oxygens (including phenoxy) is 1. The molecule has 1 aromatic rings. The van der Waals surface area contributed by atoms with Gasteiger partial charge in [0.05, 0.1) is 6.61 Å². The number of halogens is 1. The minimum atomic E-state index is 0.360. The fourth-order valence-electron chi connectivity index (χ4n) is 3.48. The van der Waals surface area contributed by atoms with Crippen molar-refractivity contribution in [2.75, 3.05) is 6.61 Å². The molecule has 2 N–H and O–H groups in total. The summed E-state index contributed by atoms with van der Waals surface area (Å²) in [6.45, 7) is 0.827. The van der Waals surface area contributed by atoms with Crippen molar-refractivity contribution in [2.45, 2.75) is 51.0 Å². The van der Waals surface area contributed by atoms with Gasteiger partial charge in [0.2, 0.25) is 0 Å². The molecule has 1 aliphatic heterocycles. The third kappa shape index (κ3) is 2.97. The topological polar surface area (TPSA) is 35.2 Å². The molecular formula is C16H22BrNO. The van der Waals surface area contributed by atoms with Crippen LogP contribution in [-0.4, -0.2) is 12.6 Å². The van der Waals surface area contributed by atoms with Crippen LogP contribution in [0.2, 0.25) is 0 Å². The first-order valence-corrected chi connectivity index (χ1v) is 8.23. The second-order valence-electron chi connectivity index (χ2n) is 5.90. The number of hydrogen-bond donors (Lipinski definition) is 1. The summed E-state index contributed by atoms with van der Waals surface area (Å²) < 4.78 is 6.95. The summed E-state index contributed by atoms with van der Waals surface area (Å²) in [5, 5.41) is 0. The molecule has 3 rings (SSSR count). The standard InChI is InChI=1S/C16H22BrNO/c17-14-9-12(16-13(10-14)7-8-19-16)5-6-15(18)11-3-1-2-4-11/h9-11,15H,1-8,18H2. The molecule has 1 aromatic carbocycles. The van der Waals surface area contributed by atoms with E-state index in [-0.39, 0.29) is 0 Å². The first-order chi connectivity index (χ1) is 9.24. The molecule has 3 heteroatoms. The van der Waals surface area contributed by atoms with Gasteiger partial charge in [0.15, 0.2) is 0 Å². The van der Waals surface area contributed by atoms with Gasteiger partial charge in [0, 0.05) is 16.9 Å². The molecule has 0 radical (unpaired) electrons. The van der Waals surface area contributed by atoms with Crippen LogP contribution in [0.1, 0.15) is 43.2 Å². The highest BCUT2D eigenvalue weighted by atomic mass is 79.9. The average molecular weight is 324 g/mol. The highest BCUT2D eigenvalue weighted by molar-refractivity contribution is 9.10. The zero-order valence-corrected chi connectivity index (χ0v) is 12.9. The Morgan fingerprint density at radius 1 is 1.32 bits per heavy atom. The molecule has 0 aromatic heterocycles. The van der Waals surface area contributed by atoms with Gasteiger partial charge in [-0.2, -0.15) is 0 Å². The Hall–Kier alpha value is -0.540. The number of fused-ring (bicyclic) bond motifs is 1. The van der Waals surface area contributed by atoms with Gasteiger partial charge in [0.25, 0.3) is 0 Å². The molecule has 2 nitrogen and oxygen atoms in total. The molecule has 0 spiro atoms. The Bertz CT molecular complexity index is 454. The molecule has 19 heavy (non-hydrogen) atoms. The maximum Gasteiger partial charge on any atom is 0.125 e. The Labute approximate surface area is 123 Å². The Morgan fingerprint density at radius 2 is 2.11 bits per heavy atom. The zero-order valence-electron chi connectivity index (χ0n) is 11.3. The molecule has 0 bridgehead atoms. The number of rotatable bonds is 4. The van der Waals surface area contributed by atoms with Crippen LogP contribution >= 0.6 is 15.9 Å². The van der Waals surface area contributed by atoms with E-state index in [0.29, 0.717) is 6.04 Å². The fourth-order valence-corrected chi connectivity index (χ4v) is 4.03.